The number of benzene rings is 3. The number of hydrogen-bond donors (Lipinski definition) is 0. The monoisotopic (exact) mass is 367 g/mol. The Morgan fingerprint density at radius 2 is 1.33 bits per heavy atom. The van der Waals surface area contributed by atoms with Crippen LogP contribution in [-0.4, -0.2) is 9.97 Å². The predicted octanol–water partition coefficient (Wildman–Crippen LogP) is 5.17. The van der Waals surface area contributed by atoms with Gasteiger partial charge in [-0.3, -0.25) is 4.98 Å². The van der Waals surface area contributed by atoms with Crippen molar-refractivity contribution in [1.29, 1.82) is 0 Å². The predicted molar refractivity (Wildman–Crippen MR) is 84.0 cm³/mol. The van der Waals surface area contributed by atoms with Gasteiger partial charge in [0.25, 0.3) is 0 Å². The van der Waals surface area contributed by atoms with Gasteiger partial charge in [-0.05, 0) is 5.39 Å². The molecule has 21 heavy (non-hydrogen) atoms. The standard InChI is InChI=1S/C16H9N2.2H2N.Pd/c1-3-7-13-11(5-1)12-6-2-4-8-14(12)16-15(13)17-9-10-18-16;;;/h1-7,9-10H;2*1H2;/q3*-1;. The third-order valence-electron chi connectivity index (χ3n) is 3.26. The van der Waals surface area contributed by atoms with Crippen LogP contribution in [0.2, 0.25) is 0 Å². The molecule has 0 saturated heterocycles. The van der Waals surface area contributed by atoms with Crippen LogP contribution in [-0.2, 0) is 20.4 Å². The molecular weight excluding hydrogens is 355 g/mol. The maximum Gasteiger partial charge on any atom is 0.0545 e. The second kappa shape index (κ2) is 6.70. The van der Waals surface area contributed by atoms with Gasteiger partial charge in [0, 0.05) is 38.3 Å². The van der Waals surface area contributed by atoms with Crippen LogP contribution in [0.15, 0.2) is 54.9 Å². The van der Waals surface area contributed by atoms with E-state index < -0.39 is 0 Å². The van der Waals surface area contributed by atoms with Crippen LogP contribution in [0.25, 0.3) is 44.9 Å². The fraction of sp³-hybridized carbons (Fsp3) is 0. The molecule has 0 fully saturated rings. The van der Waals surface area contributed by atoms with Gasteiger partial charge in [-0.2, -0.15) is 0 Å². The van der Waals surface area contributed by atoms with Crippen LogP contribution in [0.5, 0.6) is 0 Å². The third kappa shape index (κ3) is 2.53. The molecule has 4 aromatic rings. The molecule has 1 aromatic heterocycles. The van der Waals surface area contributed by atoms with E-state index in [-0.39, 0.29) is 32.7 Å². The maximum absolute atomic E-state index is 4.48. The summed E-state index contributed by atoms with van der Waals surface area (Å²) in [7, 11) is 0. The Balaban J connectivity index is 0.000000735. The summed E-state index contributed by atoms with van der Waals surface area (Å²) in [6.45, 7) is 0. The van der Waals surface area contributed by atoms with E-state index in [1.807, 2.05) is 18.2 Å². The SMILES string of the molecule is [NH2-].[NH2-].[Pd].[c-]1cccc2c1c1nccnc1c1ccccc21. The van der Waals surface area contributed by atoms with Crippen LogP contribution in [0, 0.1) is 6.07 Å². The first kappa shape index (κ1) is 17.2. The quantitative estimate of drug-likeness (QED) is 0.243. The fourth-order valence-corrected chi connectivity index (χ4v) is 2.50. The Morgan fingerprint density at radius 3 is 2.10 bits per heavy atom. The summed E-state index contributed by atoms with van der Waals surface area (Å²) >= 11 is 0. The third-order valence-corrected chi connectivity index (χ3v) is 3.26. The van der Waals surface area contributed by atoms with E-state index in [1.54, 1.807) is 12.4 Å². The fourth-order valence-electron chi connectivity index (χ4n) is 2.50. The normalized spacial score (nSPS) is 9.71. The number of fused-ring (bicyclic) bond motifs is 6. The molecule has 0 aliphatic heterocycles. The number of rotatable bonds is 0. The molecule has 0 aliphatic carbocycles. The van der Waals surface area contributed by atoms with Gasteiger partial charge in [0.15, 0.2) is 0 Å². The van der Waals surface area contributed by atoms with E-state index in [0.29, 0.717) is 0 Å². The molecule has 1 heterocycles. The first-order chi connectivity index (χ1) is 8.95. The Morgan fingerprint density at radius 1 is 0.714 bits per heavy atom. The first-order valence-corrected chi connectivity index (χ1v) is 5.87. The van der Waals surface area contributed by atoms with Crippen molar-refractivity contribution in [2.45, 2.75) is 0 Å². The first-order valence-electron chi connectivity index (χ1n) is 5.87. The average molecular weight is 368 g/mol. The largest absolute Gasteiger partial charge is 0.693 e. The van der Waals surface area contributed by atoms with Gasteiger partial charge >= 0.3 is 0 Å². The smallest absolute Gasteiger partial charge is 0.0545 e. The maximum atomic E-state index is 4.48. The molecule has 0 unspecified atom stereocenters. The van der Waals surface area contributed by atoms with Gasteiger partial charge in [-0.15, -0.1) is 29.7 Å². The summed E-state index contributed by atoms with van der Waals surface area (Å²) < 4.78 is 0. The van der Waals surface area contributed by atoms with E-state index in [1.165, 1.54) is 10.8 Å². The van der Waals surface area contributed by atoms with E-state index in [9.17, 15) is 0 Å². The molecule has 3 aromatic carbocycles. The molecule has 0 amide bonds. The van der Waals surface area contributed by atoms with Crippen molar-refractivity contribution in [2.75, 3.05) is 0 Å². The van der Waals surface area contributed by atoms with Crippen molar-refractivity contribution < 1.29 is 20.4 Å². The van der Waals surface area contributed by atoms with Crippen molar-refractivity contribution in [1.82, 2.24) is 9.97 Å². The van der Waals surface area contributed by atoms with E-state index in [0.717, 1.165) is 21.8 Å². The summed E-state index contributed by atoms with van der Waals surface area (Å²) in [5.41, 5.74) is 1.87. The number of hydrogen-bond acceptors (Lipinski definition) is 2. The summed E-state index contributed by atoms with van der Waals surface area (Å²) in [5, 5.41) is 4.57. The zero-order valence-electron chi connectivity index (χ0n) is 11.1. The average Bonchev–Trinajstić information content (AvgIpc) is 2.48. The molecule has 4 nitrogen and oxygen atoms in total. The van der Waals surface area contributed by atoms with E-state index in [2.05, 4.69) is 40.3 Å². The summed E-state index contributed by atoms with van der Waals surface area (Å²) in [5.74, 6) is 0. The Kier molecular flexibility index (Phi) is 5.48. The summed E-state index contributed by atoms with van der Waals surface area (Å²) in [6.07, 6.45) is 3.47. The molecule has 0 spiro atoms. The molecule has 0 saturated carbocycles. The van der Waals surface area contributed by atoms with Crippen molar-refractivity contribution in [3.63, 3.8) is 0 Å². The van der Waals surface area contributed by atoms with E-state index >= 15 is 0 Å². The number of nitrogens with zero attached hydrogens (tertiary/aromatic N) is 2. The van der Waals surface area contributed by atoms with Crippen LogP contribution in [0.1, 0.15) is 0 Å². The molecule has 0 bridgehead atoms. The number of aromatic nitrogens is 2. The minimum atomic E-state index is 0. The van der Waals surface area contributed by atoms with Crippen molar-refractivity contribution in [3.05, 3.63) is 73.2 Å². The molecular formula is C16H13N4Pd-3. The van der Waals surface area contributed by atoms with E-state index in [4.69, 9.17) is 0 Å². The Hall–Kier alpha value is -1.90. The Labute approximate surface area is 136 Å². The van der Waals surface area contributed by atoms with Gasteiger partial charge in [0.1, 0.15) is 0 Å². The van der Waals surface area contributed by atoms with Crippen LogP contribution in [0.3, 0.4) is 0 Å². The molecule has 5 heteroatoms. The minimum absolute atomic E-state index is 0. The van der Waals surface area contributed by atoms with Crippen LogP contribution < -0.4 is 0 Å². The molecule has 4 N–H and O–H groups in total. The van der Waals surface area contributed by atoms with Crippen LogP contribution >= 0.6 is 0 Å². The topological polar surface area (TPSA) is 92.8 Å². The van der Waals surface area contributed by atoms with Gasteiger partial charge < -0.3 is 17.3 Å². The van der Waals surface area contributed by atoms with Crippen molar-refractivity contribution in [2.24, 2.45) is 0 Å². The van der Waals surface area contributed by atoms with Crippen molar-refractivity contribution in [3.8, 4) is 0 Å². The van der Waals surface area contributed by atoms with Gasteiger partial charge in [0.05, 0.1) is 5.52 Å². The summed E-state index contributed by atoms with van der Waals surface area (Å²) in [6, 6.07) is 17.6. The molecule has 0 radical (unpaired) electrons. The van der Waals surface area contributed by atoms with Gasteiger partial charge in [-0.25, -0.2) is 0 Å². The van der Waals surface area contributed by atoms with Gasteiger partial charge in [-0.1, -0.05) is 35.0 Å². The number of nitrogens with two attached hydrogens (primary N) is 2. The molecule has 0 atom stereocenters. The second-order valence-corrected chi connectivity index (χ2v) is 4.26. The zero-order valence-corrected chi connectivity index (χ0v) is 12.6. The molecule has 110 valence electrons. The minimum Gasteiger partial charge on any atom is -0.693 e. The van der Waals surface area contributed by atoms with Gasteiger partial charge in [0.2, 0.25) is 0 Å². The zero-order chi connectivity index (χ0) is 11.9. The summed E-state index contributed by atoms with van der Waals surface area (Å²) in [4.78, 5) is 8.94. The van der Waals surface area contributed by atoms with Crippen molar-refractivity contribution >= 4 is 32.6 Å². The Bertz CT molecular complexity index is 672. The molecule has 4 rings (SSSR count). The molecule has 0 aliphatic rings. The second-order valence-electron chi connectivity index (χ2n) is 4.26. The van der Waals surface area contributed by atoms with Crippen LogP contribution in [0.4, 0.5) is 0 Å².